The second-order valence-corrected chi connectivity index (χ2v) is 5.32. The zero-order chi connectivity index (χ0) is 15.2. The highest BCUT2D eigenvalue weighted by atomic mass is 32.2. The van der Waals surface area contributed by atoms with E-state index in [1.165, 1.54) is 0 Å². The van der Waals surface area contributed by atoms with Gasteiger partial charge in [-0.1, -0.05) is 12.1 Å². The minimum Gasteiger partial charge on any atom is -0.497 e. The number of thioether (sulfide) groups is 1. The van der Waals surface area contributed by atoms with Gasteiger partial charge in [-0.05, 0) is 37.6 Å². The van der Waals surface area contributed by atoms with Crippen molar-refractivity contribution in [3.8, 4) is 5.75 Å². The van der Waals surface area contributed by atoms with Crippen molar-refractivity contribution in [1.82, 2.24) is 9.97 Å². The average Bonchev–Trinajstić information content (AvgIpc) is 2.44. The van der Waals surface area contributed by atoms with Crippen LogP contribution < -0.4 is 4.74 Å². The summed E-state index contributed by atoms with van der Waals surface area (Å²) in [4.78, 5) is 20.1. The molecule has 2 aromatic rings. The van der Waals surface area contributed by atoms with E-state index >= 15 is 0 Å². The molecule has 1 aromatic heterocycles. The van der Waals surface area contributed by atoms with Crippen molar-refractivity contribution in [3.63, 3.8) is 0 Å². The Hall–Kier alpha value is -2.08. The molecule has 0 saturated carbocycles. The van der Waals surface area contributed by atoms with Gasteiger partial charge in [0, 0.05) is 23.1 Å². The molecule has 2 rings (SSSR count). The van der Waals surface area contributed by atoms with Gasteiger partial charge in [0.05, 0.1) is 7.11 Å². The van der Waals surface area contributed by atoms with Crippen LogP contribution in [0.3, 0.4) is 0 Å². The third-order valence-electron chi connectivity index (χ3n) is 2.65. The van der Waals surface area contributed by atoms with Crippen molar-refractivity contribution >= 4 is 17.1 Å². The zero-order valence-corrected chi connectivity index (χ0v) is 12.9. The number of aromatic nitrogens is 2. The van der Waals surface area contributed by atoms with Crippen LogP contribution in [0.4, 0.5) is 4.79 Å². The van der Waals surface area contributed by atoms with Crippen LogP contribution in [-0.4, -0.2) is 22.4 Å². The maximum atomic E-state index is 11.8. The van der Waals surface area contributed by atoms with Crippen LogP contribution in [0.5, 0.6) is 5.75 Å². The summed E-state index contributed by atoms with van der Waals surface area (Å²) in [6.07, 6.45) is 0. The Kier molecular flexibility index (Phi) is 5.16. The van der Waals surface area contributed by atoms with Crippen molar-refractivity contribution in [2.24, 2.45) is 0 Å². The first kappa shape index (κ1) is 15.3. The van der Waals surface area contributed by atoms with Crippen molar-refractivity contribution < 1.29 is 14.3 Å². The third-order valence-corrected chi connectivity index (χ3v) is 3.30. The number of aryl methyl sites for hydroxylation is 2. The molecule has 1 aromatic carbocycles. The second kappa shape index (κ2) is 7.08. The van der Waals surface area contributed by atoms with Crippen molar-refractivity contribution in [2.75, 3.05) is 7.11 Å². The fourth-order valence-electron chi connectivity index (χ4n) is 1.71. The Morgan fingerprint density at radius 3 is 2.33 bits per heavy atom. The summed E-state index contributed by atoms with van der Waals surface area (Å²) in [5, 5.41) is -0.0111. The van der Waals surface area contributed by atoms with Gasteiger partial charge in [-0.25, -0.2) is 14.8 Å². The van der Waals surface area contributed by atoms with Gasteiger partial charge in [0.25, 0.3) is 0 Å². The first-order chi connectivity index (χ1) is 10.1. The molecule has 0 aliphatic carbocycles. The summed E-state index contributed by atoms with van der Waals surface area (Å²) >= 11 is 0.891. The number of methoxy groups -OCH3 is 1. The van der Waals surface area contributed by atoms with Gasteiger partial charge in [0.1, 0.15) is 12.4 Å². The van der Waals surface area contributed by atoms with E-state index in [4.69, 9.17) is 9.47 Å². The van der Waals surface area contributed by atoms with Crippen LogP contribution in [0, 0.1) is 13.8 Å². The monoisotopic (exact) mass is 304 g/mol. The number of hydrogen-bond acceptors (Lipinski definition) is 6. The number of carbonyl (C=O) groups excluding carboxylic acids is 1. The van der Waals surface area contributed by atoms with Crippen LogP contribution in [-0.2, 0) is 11.3 Å². The summed E-state index contributed by atoms with van der Waals surface area (Å²) in [5.74, 6) is 0.767. The van der Waals surface area contributed by atoms with Gasteiger partial charge in [0.15, 0.2) is 5.16 Å². The smallest absolute Gasteiger partial charge is 0.375 e. The Morgan fingerprint density at radius 2 is 1.76 bits per heavy atom. The number of carbonyl (C=O) groups is 1. The third kappa shape index (κ3) is 4.75. The molecule has 21 heavy (non-hydrogen) atoms. The number of nitrogens with zero attached hydrogens (tertiary/aromatic N) is 2. The maximum Gasteiger partial charge on any atom is 0.375 e. The molecule has 5 nitrogen and oxygen atoms in total. The fourth-order valence-corrected chi connectivity index (χ4v) is 2.35. The van der Waals surface area contributed by atoms with E-state index in [1.54, 1.807) is 7.11 Å². The molecule has 6 heteroatoms. The Morgan fingerprint density at radius 1 is 1.14 bits per heavy atom. The molecule has 0 N–H and O–H groups in total. The molecule has 0 bridgehead atoms. The second-order valence-electron chi connectivity index (χ2n) is 4.42. The molecule has 0 aliphatic rings. The normalized spacial score (nSPS) is 10.2. The number of hydrogen-bond donors (Lipinski definition) is 0. The largest absolute Gasteiger partial charge is 0.497 e. The van der Waals surface area contributed by atoms with Crippen LogP contribution in [0.25, 0.3) is 0 Å². The van der Waals surface area contributed by atoms with Gasteiger partial charge in [-0.15, -0.1) is 0 Å². The van der Waals surface area contributed by atoms with Gasteiger partial charge in [-0.3, -0.25) is 0 Å². The molecule has 0 saturated heterocycles. The van der Waals surface area contributed by atoms with Crippen LogP contribution >= 0.6 is 11.8 Å². The van der Waals surface area contributed by atoms with E-state index in [1.807, 2.05) is 44.2 Å². The van der Waals surface area contributed by atoms with Crippen molar-refractivity contribution in [1.29, 1.82) is 0 Å². The predicted octanol–water partition coefficient (Wildman–Crippen LogP) is 3.53. The van der Waals surface area contributed by atoms with E-state index in [0.29, 0.717) is 5.16 Å². The van der Waals surface area contributed by atoms with Crippen molar-refractivity contribution in [2.45, 2.75) is 25.6 Å². The first-order valence-corrected chi connectivity index (χ1v) is 7.18. The topological polar surface area (TPSA) is 61.3 Å². The fraction of sp³-hybridized carbons (Fsp3) is 0.267. The molecule has 0 amide bonds. The molecule has 0 aliphatic heterocycles. The highest BCUT2D eigenvalue weighted by Gasteiger charge is 2.10. The molecule has 1 heterocycles. The predicted molar refractivity (Wildman–Crippen MR) is 80.5 cm³/mol. The minimum absolute atomic E-state index is 0.209. The molecule has 0 fully saturated rings. The Labute approximate surface area is 127 Å². The quantitative estimate of drug-likeness (QED) is 0.489. The summed E-state index contributed by atoms with van der Waals surface area (Å²) < 4.78 is 10.3. The summed E-state index contributed by atoms with van der Waals surface area (Å²) in [6.45, 7) is 3.93. The summed E-state index contributed by atoms with van der Waals surface area (Å²) in [7, 11) is 1.61. The average molecular weight is 304 g/mol. The van der Waals surface area contributed by atoms with Gasteiger partial charge in [0.2, 0.25) is 0 Å². The van der Waals surface area contributed by atoms with Crippen LogP contribution in [0.15, 0.2) is 35.5 Å². The maximum absolute atomic E-state index is 11.8. The molecule has 0 atom stereocenters. The first-order valence-electron chi connectivity index (χ1n) is 6.36. The number of benzene rings is 1. The standard InChI is InChI=1S/C15H16N2O3S/c1-10-8-11(2)17-14(16-10)21-15(18)20-9-12-4-6-13(19-3)7-5-12/h4-8H,9H2,1-3H3. The van der Waals surface area contributed by atoms with E-state index in [0.717, 1.165) is 34.5 Å². The van der Waals surface area contributed by atoms with Crippen molar-refractivity contribution in [3.05, 3.63) is 47.3 Å². The molecule has 0 unspecified atom stereocenters. The van der Waals surface area contributed by atoms with Gasteiger partial charge < -0.3 is 9.47 Å². The minimum atomic E-state index is -0.421. The lowest BCUT2D eigenvalue weighted by Gasteiger charge is -2.05. The lowest BCUT2D eigenvalue weighted by Crippen LogP contribution is -2.01. The molecular weight excluding hydrogens is 288 g/mol. The van der Waals surface area contributed by atoms with E-state index in [-0.39, 0.29) is 6.61 Å². The van der Waals surface area contributed by atoms with E-state index in [9.17, 15) is 4.79 Å². The van der Waals surface area contributed by atoms with Gasteiger partial charge in [-0.2, -0.15) is 0 Å². The number of rotatable bonds is 4. The Balaban J connectivity index is 1.89. The SMILES string of the molecule is COc1ccc(COC(=O)Sc2nc(C)cc(C)n2)cc1. The summed E-state index contributed by atoms with van der Waals surface area (Å²) in [5.41, 5.74) is 2.55. The number of ether oxygens (including phenoxy) is 2. The van der Waals surface area contributed by atoms with Crippen LogP contribution in [0.2, 0.25) is 0 Å². The molecule has 110 valence electrons. The Bertz CT molecular complexity index is 609. The zero-order valence-electron chi connectivity index (χ0n) is 12.1. The van der Waals surface area contributed by atoms with Gasteiger partial charge >= 0.3 is 5.30 Å². The molecule has 0 spiro atoms. The van der Waals surface area contributed by atoms with E-state index in [2.05, 4.69) is 9.97 Å². The highest BCUT2D eigenvalue weighted by Crippen LogP contribution is 2.18. The molecule has 0 radical (unpaired) electrons. The highest BCUT2D eigenvalue weighted by molar-refractivity contribution is 8.13. The molecular formula is C15H16N2O3S. The lowest BCUT2D eigenvalue weighted by molar-refractivity contribution is 0.168. The van der Waals surface area contributed by atoms with E-state index < -0.39 is 5.30 Å². The summed E-state index contributed by atoms with van der Waals surface area (Å²) in [6, 6.07) is 9.20. The van der Waals surface area contributed by atoms with Crippen LogP contribution in [0.1, 0.15) is 17.0 Å². The lowest BCUT2D eigenvalue weighted by atomic mass is 10.2.